The van der Waals surface area contributed by atoms with Crippen LogP contribution in [0.1, 0.15) is 6.42 Å². The number of rotatable bonds is 5. The van der Waals surface area contributed by atoms with Gasteiger partial charge in [0.05, 0.1) is 0 Å². The Hall–Kier alpha value is -0.123. The lowest BCUT2D eigenvalue weighted by atomic mass is 10.5. The van der Waals surface area contributed by atoms with E-state index in [1.807, 2.05) is 5.70 Å². The van der Waals surface area contributed by atoms with E-state index < -0.39 is 8.32 Å². The Morgan fingerprint density at radius 3 is 2.60 bits per heavy atom. The van der Waals surface area contributed by atoms with Crippen LogP contribution < -0.4 is 0 Å². The summed E-state index contributed by atoms with van der Waals surface area (Å²) >= 11 is 0. The van der Waals surface area contributed by atoms with Gasteiger partial charge < -0.3 is 9.53 Å². The Labute approximate surface area is 63.7 Å². The summed E-state index contributed by atoms with van der Waals surface area (Å²) in [5.74, 6) is 0. The standard InChI is InChI=1S/C7H16O2Si/c1-4-10(2,3)9-7-5-6-8/h4,8H,1,5-7H2,2-3H3. The number of hydrogen-bond donors (Lipinski definition) is 1. The van der Waals surface area contributed by atoms with Gasteiger partial charge in [0.1, 0.15) is 0 Å². The zero-order chi connectivity index (χ0) is 8.04. The third kappa shape index (κ3) is 4.73. The molecule has 0 spiro atoms. The highest BCUT2D eigenvalue weighted by Crippen LogP contribution is 2.04. The van der Waals surface area contributed by atoms with E-state index in [4.69, 9.17) is 9.53 Å². The highest BCUT2D eigenvalue weighted by atomic mass is 28.4. The van der Waals surface area contributed by atoms with Crippen LogP contribution in [0.2, 0.25) is 13.1 Å². The smallest absolute Gasteiger partial charge is 0.210 e. The summed E-state index contributed by atoms with van der Waals surface area (Å²) in [5.41, 5.74) is 1.89. The van der Waals surface area contributed by atoms with Crippen LogP contribution in [0.4, 0.5) is 0 Å². The van der Waals surface area contributed by atoms with Crippen LogP contribution in [-0.4, -0.2) is 26.6 Å². The van der Waals surface area contributed by atoms with Crippen LogP contribution in [0.25, 0.3) is 0 Å². The molecule has 0 radical (unpaired) electrons. The third-order valence-electron chi connectivity index (χ3n) is 1.27. The zero-order valence-electron chi connectivity index (χ0n) is 6.76. The molecule has 0 aliphatic carbocycles. The molecule has 0 aliphatic rings. The molecule has 0 bridgehead atoms. The Balaban J connectivity index is 3.37. The molecule has 0 atom stereocenters. The summed E-state index contributed by atoms with van der Waals surface area (Å²) in [6.07, 6.45) is 0.726. The van der Waals surface area contributed by atoms with E-state index in [2.05, 4.69) is 19.7 Å². The molecule has 0 fully saturated rings. The van der Waals surface area contributed by atoms with Crippen LogP contribution in [0.15, 0.2) is 12.3 Å². The van der Waals surface area contributed by atoms with Crippen molar-refractivity contribution in [2.24, 2.45) is 0 Å². The zero-order valence-corrected chi connectivity index (χ0v) is 7.76. The molecule has 0 amide bonds. The molecule has 0 aromatic carbocycles. The van der Waals surface area contributed by atoms with E-state index in [0.717, 1.165) is 6.42 Å². The Morgan fingerprint density at radius 1 is 1.60 bits per heavy atom. The molecule has 0 rings (SSSR count). The quantitative estimate of drug-likeness (QED) is 0.485. The first-order valence-electron chi connectivity index (χ1n) is 3.51. The first-order valence-corrected chi connectivity index (χ1v) is 6.49. The van der Waals surface area contributed by atoms with E-state index in [1.165, 1.54) is 0 Å². The molecule has 0 unspecified atom stereocenters. The molecule has 10 heavy (non-hydrogen) atoms. The predicted octanol–water partition coefficient (Wildman–Crippen LogP) is 1.32. The summed E-state index contributed by atoms with van der Waals surface area (Å²) in [7, 11) is -1.56. The van der Waals surface area contributed by atoms with Crippen LogP contribution >= 0.6 is 0 Å². The maximum Gasteiger partial charge on any atom is 0.210 e. The molecule has 0 heterocycles. The average Bonchev–Trinajstić information content (AvgIpc) is 1.89. The van der Waals surface area contributed by atoms with Crippen molar-refractivity contribution in [1.29, 1.82) is 0 Å². The summed E-state index contributed by atoms with van der Waals surface area (Å²) in [5, 5.41) is 8.45. The SMILES string of the molecule is C=C[Si](C)(C)OCCCO. The minimum absolute atomic E-state index is 0.210. The minimum atomic E-state index is -1.56. The van der Waals surface area contributed by atoms with Gasteiger partial charge in [-0.2, -0.15) is 0 Å². The summed E-state index contributed by atoms with van der Waals surface area (Å²) < 4.78 is 5.48. The molecule has 3 heteroatoms. The van der Waals surface area contributed by atoms with Gasteiger partial charge in [-0.15, -0.1) is 6.58 Å². The second-order valence-corrected chi connectivity index (χ2v) is 6.64. The van der Waals surface area contributed by atoms with Gasteiger partial charge in [-0.3, -0.25) is 0 Å². The van der Waals surface area contributed by atoms with E-state index in [0.29, 0.717) is 6.61 Å². The molecular formula is C7H16O2Si. The summed E-state index contributed by atoms with van der Waals surface area (Å²) in [4.78, 5) is 0. The highest BCUT2D eigenvalue weighted by molar-refractivity contribution is 6.76. The van der Waals surface area contributed by atoms with Crippen molar-refractivity contribution in [2.45, 2.75) is 19.5 Å². The van der Waals surface area contributed by atoms with E-state index in [-0.39, 0.29) is 6.61 Å². The van der Waals surface area contributed by atoms with Crippen molar-refractivity contribution in [3.8, 4) is 0 Å². The Kier molecular flexibility index (Phi) is 4.60. The largest absolute Gasteiger partial charge is 0.413 e. The van der Waals surface area contributed by atoms with Crippen LogP contribution in [0.3, 0.4) is 0 Å². The van der Waals surface area contributed by atoms with Crippen molar-refractivity contribution in [1.82, 2.24) is 0 Å². The number of hydrogen-bond acceptors (Lipinski definition) is 2. The molecule has 2 nitrogen and oxygen atoms in total. The van der Waals surface area contributed by atoms with Gasteiger partial charge in [0.25, 0.3) is 0 Å². The Bertz CT molecular complexity index is 102. The average molecular weight is 160 g/mol. The molecule has 0 aromatic rings. The molecule has 0 aromatic heterocycles. The molecule has 0 aliphatic heterocycles. The molecular weight excluding hydrogens is 144 g/mol. The van der Waals surface area contributed by atoms with Gasteiger partial charge in [-0.05, 0) is 19.5 Å². The third-order valence-corrected chi connectivity index (χ3v) is 3.20. The molecule has 0 saturated carbocycles. The monoisotopic (exact) mass is 160 g/mol. The van der Waals surface area contributed by atoms with Crippen molar-refractivity contribution < 1.29 is 9.53 Å². The normalized spacial score (nSPS) is 11.5. The predicted molar refractivity (Wildman–Crippen MR) is 45.3 cm³/mol. The van der Waals surface area contributed by atoms with Crippen LogP contribution in [-0.2, 0) is 4.43 Å². The molecule has 1 N–H and O–H groups in total. The first kappa shape index (κ1) is 9.88. The fourth-order valence-corrected chi connectivity index (χ4v) is 1.25. The van der Waals surface area contributed by atoms with Crippen LogP contribution in [0, 0.1) is 0 Å². The van der Waals surface area contributed by atoms with Crippen molar-refractivity contribution >= 4 is 8.32 Å². The van der Waals surface area contributed by atoms with Gasteiger partial charge in [0.2, 0.25) is 8.32 Å². The van der Waals surface area contributed by atoms with Crippen molar-refractivity contribution in [3.05, 3.63) is 12.3 Å². The number of aliphatic hydroxyl groups is 1. The van der Waals surface area contributed by atoms with E-state index >= 15 is 0 Å². The lowest BCUT2D eigenvalue weighted by Crippen LogP contribution is -2.28. The number of aliphatic hydroxyl groups excluding tert-OH is 1. The first-order chi connectivity index (χ1) is 4.62. The lowest BCUT2D eigenvalue weighted by molar-refractivity contribution is 0.231. The van der Waals surface area contributed by atoms with E-state index in [9.17, 15) is 0 Å². The second kappa shape index (κ2) is 4.66. The maximum atomic E-state index is 8.45. The highest BCUT2D eigenvalue weighted by Gasteiger charge is 2.15. The van der Waals surface area contributed by atoms with Gasteiger partial charge in [-0.1, -0.05) is 5.70 Å². The fourth-order valence-electron chi connectivity index (χ4n) is 0.459. The van der Waals surface area contributed by atoms with Gasteiger partial charge in [-0.25, -0.2) is 0 Å². The van der Waals surface area contributed by atoms with Gasteiger partial charge in [0, 0.05) is 13.2 Å². The van der Waals surface area contributed by atoms with Crippen molar-refractivity contribution in [2.75, 3.05) is 13.2 Å². The maximum absolute atomic E-state index is 8.45. The Morgan fingerprint density at radius 2 is 2.20 bits per heavy atom. The van der Waals surface area contributed by atoms with Crippen LogP contribution in [0.5, 0.6) is 0 Å². The topological polar surface area (TPSA) is 29.5 Å². The van der Waals surface area contributed by atoms with E-state index in [1.54, 1.807) is 0 Å². The van der Waals surface area contributed by atoms with Gasteiger partial charge in [0.15, 0.2) is 0 Å². The lowest BCUT2D eigenvalue weighted by Gasteiger charge is -2.17. The second-order valence-electron chi connectivity index (χ2n) is 2.73. The minimum Gasteiger partial charge on any atom is -0.413 e. The summed E-state index contributed by atoms with van der Waals surface area (Å²) in [6.45, 7) is 8.71. The van der Waals surface area contributed by atoms with Crippen molar-refractivity contribution in [3.63, 3.8) is 0 Å². The molecule has 0 saturated heterocycles. The fraction of sp³-hybridized carbons (Fsp3) is 0.714. The van der Waals surface area contributed by atoms with Gasteiger partial charge >= 0.3 is 0 Å². The summed E-state index contributed by atoms with van der Waals surface area (Å²) in [6, 6.07) is 0. The molecule has 60 valence electrons.